The van der Waals surface area contributed by atoms with Gasteiger partial charge in [0.2, 0.25) is 0 Å². The summed E-state index contributed by atoms with van der Waals surface area (Å²) in [5.41, 5.74) is 1.29. The van der Waals surface area contributed by atoms with Crippen LogP contribution in [0.4, 0.5) is 0 Å². The molecule has 0 radical (unpaired) electrons. The number of aromatic nitrogens is 2. The molecule has 1 aliphatic rings. The molecule has 1 aromatic rings. The van der Waals surface area contributed by atoms with Gasteiger partial charge in [0.15, 0.2) is 0 Å². The summed E-state index contributed by atoms with van der Waals surface area (Å²) in [6.45, 7) is 2.75. The first-order valence-corrected chi connectivity index (χ1v) is 4.63. The third-order valence-corrected chi connectivity index (χ3v) is 2.24. The molecule has 1 aromatic heterocycles. The van der Waals surface area contributed by atoms with E-state index in [4.69, 9.17) is 4.74 Å². The molecule has 0 unspecified atom stereocenters. The van der Waals surface area contributed by atoms with Gasteiger partial charge in [-0.05, 0) is 18.5 Å². The molecule has 72 valence electrons. The molecule has 0 aliphatic carbocycles. The predicted molar refractivity (Wildman–Crippen MR) is 49.5 cm³/mol. The fraction of sp³-hybridized carbons (Fsp3) is 0.667. The molecule has 1 N–H and O–H groups in total. The summed E-state index contributed by atoms with van der Waals surface area (Å²) in [5, 5.41) is 7.53. The summed E-state index contributed by atoms with van der Waals surface area (Å²) < 4.78 is 6.90. The molecule has 0 atom stereocenters. The van der Waals surface area contributed by atoms with Crippen molar-refractivity contribution in [2.75, 3.05) is 19.8 Å². The van der Waals surface area contributed by atoms with Crippen molar-refractivity contribution < 1.29 is 4.74 Å². The Morgan fingerprint density at radius 1 is 1.69 bits per heavy atom. The molecular weight excluding hydrogens is 166 g/mol. The Morgan fingerprint density at radius 3 is 3.08 bits per heavy atom. The van der Waals surface area contributed by atoms with Gasteiger partial charge in [-0.1, -0.05) is 0 Å². The zero-order valence-corrected chi connectivity index (χ0v) is 7.86. The van der Waals surface area contributed by atoms with Gasteiger partial charge in [-0.3, -0.25) is 4.68 Å². The van der Waals surface area contributed by atoms with E-state index in [0.29, 0.717) is 6.04 Å². The maximum atomic E-state index is 5.06. The van der Waals surface area contributed by atoms with Gasteiger partial charge in [0, 0.05) is 13.2 Å². The molecule has 4 nitrogen and oxygen atoms in total. The van der Waals surface area contributed by atoms with Crippen molar-refractivity contribution in [2.24, 2.45) is 7.05 Å². The van der Waals surface area contributed by atoms with Gasteiger partial charge < -0.3 is 10.1 Å². The van der Waals surface area contributed by atoms with Crippen LogP contribution >= 0.6 is 0 Å². The Balaban J connectivity index is 1.67. The quantitative estimate of drug-likeness (QED) is 0.708. The van der Waals surface area contributed by atoms with E-state index in [-0.39, 0.29) is 0 Å². The highest BCUT2D eigenvalue weighted by Gasteiger charge is 2.16. The topological polar surface area (TPSA) is 39.1 Å². The van der Waals surface area contributed by atoms with E-state index in [1.807, 2.05) is 17.9 Å². The number of nitrogens with zero attached hydrogens (tertiary/aromatic N) is 2. The fourth-order valence-corrected chi connectivity index (χ4v) is 1.38. The summed E-state index contributed by atoms with van der Waals surface area (Å²) in [6.07, 6.45) is 5.02. The second-order valence-corrected chi connectivity index (χ2v) is 3.46. The Hall–Kier alpha value is -0.870. The molecule has 0 aromatic carbocycles. The number of ether oxygens (including phenoxy) is 1. The third kappa shape index (κ3) is 2.29. The van der Waals surface area contributed by atoms with Gasteiger partial charge in [-0.25, -0.2) is 0 Å². The summed E-state index contributed by atoms with van der Waals surface area (Å²) in [5.74, 6) is 0. The van der Waals surface area contributed by atoms with Crippen LogP contribution in [-0.2, 0) is 18.2 Å². The first kappa shape index (κ1) is 8.72. The maximum Gasteiger partial charge on any atom is 0.0643 e. The number of hydrogen-bond donors (Lipinski definition) is 1. The van der Waals surface area contributed by atoms with E-state index in [1.165, 1.54) is 5.56 Å². The predicted octanol–water partition coefficient (Wildman–Crippen LogP) is -0.0490. The van der Waals surface area contributed by atoms with E-state index in [0.717, 1.165) is 26.2 Å². The molecular formula is C9H15N3O. The molecule has 0 spiro atoms. The summed E-state index contributed by atoms with van der Waals surface area (Å²) >= 11 is 0. The van der Waals surface area contributed by atoms with E-state index in [9.17, 15) is 0 Å². The highest BCUT2D eigenvalue weighted by molar-refractivity contribution is 5.03. The van der Waals surface area contributed by atoms with E-state index < -0.39 is 0 Å². The Labute approximate surface area is 77.9 Å². The van der Waals surface area contributed by atoms with Crippen molar-refractivity contribution in [1.82, 2.24) is 15.1 Å². The van der Waals surface area contributed by atoms with Crippen LogP contribution in [0, 0.1) is 0 Å². The van der Waals surface area contributed by atoms with Crippen molar-refractivity contribution in [2.45, 2.75) is 12.5 Å². The Morgan fingerprint density at radius 2 is 2.54 bits per heavy atom. The van der Waals surface area contributed by atoms with Crippen LogP contribution in [0.1, 0.15) is 5.56 Å². The summed E-state index contributed by atoms with van der Waals surface area (Å²) in [6, 6.07) is 0.580. The van der Waals surface area contributed by atoms with Crippen molar-refractivity contribution in [3.8, 4) is 0 Å². The van der Waals surface area contributed by atoms with Gasteiger partial charge in [0.05, 0.1) is 25.5 Å². The molecule has 2 rings (SSSR count). The lowest BCUT2D eigenvalue weighted by molar-refractivity contribution is -0.00467. The first-order valence-electron chi connectivity index (χ1n) is 4.63. The first-order chi connectivity index (χ1) is 6.34. The zero-order valence-electron chi connectivity index (χ0n) is 7.86. The number of hydrogen-bond acceptors (Lipinski definition) is 3. The van der Waals surface area contributed by atoms with E-state index in [2.05, 4.69) is 16.6 Å². The van der Waals surface area contributed by atoms with Crippen molar-refractivity contribution >= 4 is 0 Å². The molecule has 0 saturated carbocycles. The standard InChI is InChI=1S/C9H15N3O/c1-12-5-8(4-11-12)2-3-10-9-6-13-7-9/h4-5,9-10H,2-3,6-7H2,1H3. The normalized spacial score (nSPS) is 17.3. The largest absolute Gasteiger partial charge is 0.378 e. The third-order valence-electron chi connectivity index (χ3n) is 2.24. The van der Waals surface area contributed by atoms with Crippen LogP contribution in [0.15, 0.2) is 12.4 Å². The molecule has 0 amide bonds. The van der Waals surface area contributed by atoms with Crippen LogP contribution in [0.2, 0.25) is 0 Å². The van der Waals surface area contributed by atoms with Crippen LogP contribution in [0.5, 0.6) is 0 Å². The molecule has 1 saturated heterocycles. The minimum Gasteiger partial charge on any atom is -0.378 e. The van der Waals surface area contributed by atoms with Crippen LogP contribution in [-0.4, -0.2) is 35.6 Å². The second-order valence-electron chi connectivity index (χ2n) is 3.46. The minimum absolute atomic E-state index is 0.580. The van der Waals surface area contributed by atoms with E-state index >= 15 is 0 Å². The number of rotatable bonds is 4. The molecule has 2 heterocycles. The SMILES string of the molecule is Cn1cc(CCNC2COC2)cn1. The molecule has 4 heteroatoms. The van der Waals surface area contributed by atoms with Gasteiger partial charge in [0.25, 0.3) is 0 Å². The lowest BCUT2D eigenvalue weighted by Gasteiger charge is -2.26. The molecule has 0 bridgehead atoms. The average molecular weight is 181 g/mol. The minimum atomic E-state index is 0.580. The summed E-state index contributed by atoms with van der Waals surface area (Å²) in [4.78, 5) is 0. The van der Waals surface area contributed by atoms with Gasteiger partial charge >= 0.3 is 0 Å². The average Bonchev–Trinajstić information content (AvgIpc) is 2.42. The monoisotopic (exact) mass is 181 g/mol. The highest BCUT2D eigenvalue weighted by atomic mass is 16.5. The highest BCUT2D eigenvalue weighted by Crippen LogP contribution is 2.00. The van der Waals surface area contributed by atoms with Gasteiger partial charge in [-0.2, -0.15) is 5.10 Å². The smallest absolute Gasteiger partial charge is 0.0643 e. The lowest BCUT2D eigenvalue weighted by atomic mass is 10.2. The summed E-state index contributed by atoms with van der Waals surface area (Å²) in [7, 11) is 1.94. The van der Waals surface area contributed by atoms with Crippen LogP contribution < -0.4 is 5.32 Å². The van der Waals surface area contributed by atoms with Gasteiger partial charge in [-0.15, -0.1) is 0 Å². The second kappa shape index (κ2) is 3.89. The fourth-order valence-electron chi connectivity index (χ4n) is 1.38. The van der Waals surface area contributed by atoms with Gasteiger partial charge in [0.1, 0.15) is 0 Å². The Bertz CT molecular complexity index is 268. The van der Waals surface area contributed by atoms with Crippen molar-refractivity contribution in [3.05, 3.63) is 18.0 Å². The number of aryl methyl sites for hydroxylation is 1. The molecule has 1 aliphatic heterocycles. The molecule has 13 heavy (non-hydrogen) atoms. The Kier molecular flexibility index (Phi) is 2.61. The van der Waals surface area contributed by atoms with Crippen molar-refractivity contribution in [3.63, 3.8) is 0 Å². The lowest BCUT2D eigenvalue weighted by Crippen LogP contribution is -2.46. The van der Waals surface area contributed by atoms with Crippen molar-refractivity contribution in [1.29, 1.82) is 0 Å². The zero-order chi connectivity index (χ0) is 9.10. The van der Waals surface area contributed by atoms with E-state index in [1.54, 1.807) is 0 Å². The van der Waals surface area contributed by atoms with Crippen LogP contribution in [0.25, 0.3) is 0 Å². The number of nitrogens with one attached hydrogen (secondary N) is 1. The molecule has 1 fully saturated rings. The van der Waals surface area contributed by atoms with Crippen LogP contribution in [0.3, 0.4) is 0 Å². The maximum absolute atomic E-state index is 5.06.